The van der Waals surface area contributed by atoms with E-state index < -0.39 is 0 Å². The van der Waals surface area contributed by atoms with E-state index in [0.29, 0.717) is 42.1 Å². The van der Waals surface area contributed by atoms with Crippen LogP contribution in [0.4, 0.5) is 0 Å². The zero-order valence-electron chi connectivity index (χ0n) is 18.8. The van der Waals surface area contributed by atoms with E-state index in [0.717, 1.165) is 24.0 Å². The Balaban J connectivity index is 1.42. The number of ether oxygens (including phenoxy) is 1. The minimum absolute atomic E-state index is 0.0607. The Kier molecular flexibility index (Phi) is 5.83. The Morgan fingerprint density at radius 1 is 1.09 bits per heavy atom. The number of rotatable bonds is 8. The number of amides is 2. The molecule has 1 fully saturated rings. The summed E-state index contributed by atoms with van der Waals surface area (Å²) in [6.45, 7) is 2.47. The molecule has 1 aromatic heterocycles. The van der Waals surface area contributed by atoms with Crippen LogP contribution in [0.5, 0.6) is 5.75 Å². The van der Waals surface area contributed by atoms with E-state index in [1.165, 1.54) is 0 Å². The highest BCUT2D eigenvalue weighted by atomic mass is 16.5. The lowest BCUT2D eigenvalue weighted by Gasteiger charge is -2.11. The molecule has 3 aromatic rings. The Hall–Kier alpha value is -4.01. The first-order valence-corrected chi connectivity index (χ1v) is 11.5. The molecular weight excluding hydrogens is 434 g/mol. The van der Waals surface area contributed by atoms with Crippen LogP contribution in [0.15, 0.2) is 42.5 Å². The van der Waals surface area contributed by atoms with Gasteiger partial charge in [-0.1, -0.05) is 5.21 Å². The molecule has 0 saturated heterocycles. The number of nitrogens with one attached hydrogen (secondary N) is 2. The molecule has 34 heavy (non-hydrogen) atoms. The monoisotopic (exact) mass is 459 g/mol. The molecule has 0 bridgehead atoms. The van der Waals surface area contributed by atoms with Crippen LogP contribution < -0.4 is 15.4 Å². The lowest BCUT2D eigenvalue weighted by Crippen LogP contribution is -2.27. The van der Waals surface area contributed by atoms with Crippen molar-refractivity contribution < 1.29 is 19.1 Å². The van der Waals surface area contributed by atoms with E-state index in [2.05, 4.69) is 20.9 Å². The van der Waals surface area contributed by atoms with Crippen molar-refractivity contribution in [2.45, 2.75) is 45.3 Å². The fraction of sp³-hybridized carbons (Fsp3) is 0.320. The van der Waals surface area contributed by atoms with Crippen molar-refractivity contribution in [1.29, 1.82) is 0 Å². The molecule has 1 saturated carbocycles. The van der Waals surface area contributed by atoms with Crippen molar-refractivity contribution >= 4 is 17.6 Å². The molecule has 2 amide bonds. The van der Waals surface area contributed by atoms with Crippen LogP contribution in [-0.2, 0) is 13.0 Å². The second kappa shape index (κ2) is 9.09. The molecular formula is C25H25N5O4. The fourth-order valence-electron chi connectivity index (χ4n) is 3.99. The standard InChI is InChI=1S/C25H25N5O4/c1-2-26-24(32)15-3-8-18(9-4-15)30-21(23(28-29-30)25(33)27-17-6-7-17)14-34-19-10-11-20-16(13-19)5-12-22(20)31/h3-4,8-11,13,17H,2,5-7,12,14H2,1H3,(H,26,32)(H,27,33). The minimum Gasteiger partial charge on any atom is -0.487 e. The normalized spacial score (nSPS) is 14.6. The van der Waals surface area contributed by atoms with Crippen LogP contribution in [0.1, 0.15) is 68.6 Å². The largest absolute Gasteiger partial charge is 0.487 e. The quantitative estimate of drug-likeness (QED) is 0.535. The molecule has 2 aliphatic carbocycles. The number of aryl methyl sites for hydroxylation is 1. The third-order valence-electron chi connectivity index (χ3n) is 5.98. The van der Waals surface area contributed by atoms with Crippen LogP contribution in [-0.4, -0.2) is 45.2 Å². The van der Waals surface area contributed by atoms with Gasteiger partial charge in [-0.3, -0.25) is 14.4 Å². The summed E-state index contributed by atoms with van der Waals surface area (Å²) < 4.78 is 7.58. The van der Waals surface area contributed by atoms with Crippen molar-refractivity contribution in [2.24, 2.45) is 0 Å². The number of aromatic nitrogens is 3. The molecule has 0 radical (unpaired) electrons. The number of ketones is 1. The molecule has 2 aliphatic rings. The molecule has 9 heteroatoms. The number of carbonyl (C=O) groups excluding carboxylic acids is 3. The van der Waals surface area contributed by atoms with Gasteiger partial charge in [0.2, 0.25) is 0 Å². The molecule has 5 rings (SSSR count). The van der Waals surface area contributed by atoms with Crippen molar-refractivity contribution in [3.63, 3.8) is 0 Å². The first-order chi connectivity index (χ1) is 16.5. The highest BCUT2D eigenvalue weighted by Crippen LogP contribution is 2.27. The van der Waals surface area contributed by atoms with Crippen LogP contribution in [0.2, 0.25) is 0 Å². The highest BCUT2D eigenvalue weighted by Gasteiger charge is 2.28. The zero-order valence-corrected chi connectivity index (χ0v) is 18.8. The van der Waals surface area contributed by atoms with Crippen molar-refractivity contribution in [1.82, 2.24) is 25.6 Å². The summed E-state index contributed by atoms with van der Waals surface area (Å²) in [5.41, 5.74) is 3.61. The number of hydrogen-bond acceptors (Lipinski definition) is 6. The van der Waals surface area contributed by atoms with E-state index in [-0.39, 0.29) is 35.9 Å². The van der Waals surface area contributed by atoms with Crippen LogP contribution in [0, 0.1) is 0 Å². The van der Waals surface area contributed by atoms with Crippen LogP contribution in [0.25, 0.3) is 5.69 Å². The van der Waals surface area contributed by atoms with E-state index in [9.17, 15) is 14.4 Å². The summed E-state index contributed by atoms with van der Waals surface area (Å²) in [6, 6.07) is 12.5. The molecule has 0 atom stereocenters. The number of nitrogens with zero attached hydrogens (tertiary/aromatic N) is 3. The van der Waals surface area contributed by atoms with Gasteiger partial charge in [0.1, 0.15) is 18.1 Å². The van der Waals surface area contributed by atoms with Gasteiger partial charge >= 0.3 is 0 Å². The van der Waals surface area contributed by atoms with Crippen molar-refractivity contribution in [2.75, 3.05) is 6.54 Å². The van der Waals surface area contributed by atoms with E-state index in [4.69, 9.17) is 4.74 Å². The molecule has 2 aromatic carbocycles. The molecule has 0 unspecified atom stereocenters. The van der Waals surface area contributed by atoms with E-state index in [1.54, 1.807) is 41.1 Å². The third-order valence-corrected chi connectivity index (χ3v) is 5.98. The Morgan fingerprint density at radius 3 is 2.62 bits per heavy atom. The second-order valence-electron chi connectivity index (χ2n) is 8.48. The first kappa shape index (κ1) is 21.8. The average molecular weight is 460 g/mol. The lowest BCUT2D eigenvalue weighted by molar-refractivity contribution is 0.0939. The maximum Gasteiger partial charge on any atom is 0.274 e. The summed E-state index contributed by atoms with van der Waals surface area (Å²) in [5, 5.41) is 14.1. The SMILES string of the molecule is CCNC(=O)c1ccc(-n2nnc(C(=O)NC3CC3)c2COc2ccc3c(c2)CCC3=O)cc1. The molecule has 1 heterocycles. The van der Waals surface area contributed by atoms with Gasteiger partial charge in [-0.05, 0) is 74.2 Å². The van der Waals surface area contributed by atoms with Gasteiger partial charge in [0.15, 0.2) is 11.5 Å². The summed E-state index contributed by atoms with van der Waals surface area (Å²) in [6.07, 6.45) is 3.15. The third kappa shape index (κ3) is 4.41. The van der Waals surface area contributed by atoms with E-state index >= 15 is 0 Å². The summed E-state index contributed by atoms with van der Waals surface area (Å²) in [7, 11) is 0. The Morgan fingerprint density at radius 2 is 1.88 bits per heavy atom. The van der Waals surface area contributed by atoms with Crippen molar-refractivity contribution in [3.05, 3.63) is 70.5 Å². The predicted molar refractivity (Wildman–Crippen MR) is 123 cm³/mol. The van der Waals surface area contributed by atoms with Crippen LogP contribution >= 0.6 is 0 Å². The second-order valence-corrected chi connectivity index (χ2v) is 8.48. The van der Waals surface area contributed by atoms with Gasteiger partial charge in [0.05, 0.1) is 5.69 Å². The number of fused-ring (bicyclic) bond motifs is 1. The summed E-state index contributed by atoms with van der Waals surface area (Å²) >= 11 is 0. The van der Waals surface area contributed by atoms with Gasteiger partial charge in [0, 0.05) is 30.1 Å². The van der Waals surface area contributed by atoms with Gasteiger partial charge in [-0.25, -0.2) is 4.68 Å². The average Bonchev–Trinajstić information content (AvgIpc) is 3.43. The lowest BCUT2D eigenvalue weighted by atomic mass is 10.1. The van der Waals surface area contributed by atoms with Crippen molar-refractivity contribution in [3.8, 4) is 11.4 Å². The Bertz CT molecular complexity index is 1260. The topological polar surface area (TPSA) is 115 Å². The smallest absolute Gasteiger partial charge is 0.274 e. The molecule has 9 nitrogen and oxygen atoms in total. The number of Topliss-reactive ketones (excluding diaryl/α,β-unsaturated/α-hetero) is 1. The number of benzene rings is 2. The maximum absolute atomic E-state index is 12.8. The van der Waals surface area contributed by atoms with Crippen LogP contribution in [0.3, 0.4) is 0 Å². The molecule has 0 spiro atoms. The summed E-state index contributed by atoms with van der Waals surface area (Å²) in [5.74, 6) is 0.321. The predicted octanol–water partition coefficient (Wildman–Crippen LogP) is 2.62. The summed E-state index contributed by atoms with van der Waals surface area (Å²) in [4.78, 5) is 36.8. The van der Waals surface area contributed by atoms with Gasteiger partial charge in [-0.15, -0.1) is 5.10 Å². The van der Waals surface area contributed by atoms with Gasteiger partial charge in [0.25, 0.3) is 11.8 Å². The molecule has 0 aliphatic heterocycles. The Labute approximate surface area is 196 Å². The first-order valence-electron chi connectivity index (χ1n) is 11.5. The minimum atomic E-state index is -0.286. The van der Waals surface area contributed by atoms with E-state index in [1.807, 2.05) is 13.0 Å². The number of carbonyl (C=O) groups is 3. The maximum atomic E-state index is 12.8. The zero-order chi connectivity index (χ0) is 23.7. The van der Waals surface area contributed by atoms with Gasteiger partial charge < -0.3 is 15.4 Å². The molecule has 2 N–H and O–H groups in total. The molecule has 174 valence electrons. The van der Waals surface area contributed by atoms with Gasteiger partial charge in [-0.2, -0.15) is 0 Å². The highest BCUT2D eigenvalue weighted by molar-refractivity contribution is 6.00. The fourth-order valence-corrected chi connectivity index (χ4v) is 3.99. The number of hydrogen-bond donors (Lipinski definition) is 2.